The number of nitrogens with one attached hydrogen (secondary N) is 1. The number of nitro groups is 1. The highest BCUT2D eigenvalue weighted by Gasteiger charge is 2.32. The zero-order valence-corrected chi connectivity index (χ0v) is 21.0. The van der Waals surface area contributed by atoms with Crippen molar-refractivity contribution in [2.45, 2.75) is 13.0 Å². The molecule has 1 amide bonds. The van der Waals surface area contributed by atoms with Crippen LogP contribution in [0.25, 0.3) is 6.08 Å². The Morgan fingerprint density at radius 3 is 2.46 bits per heavy atom. The molecule has 1 aliphatic rings. The maximum atomic E-state index is 13.7. The number of carbonyl (C=O) groups is 1. The predicted octanol–water partition coefficient (Wildman–Crippen LogP) is 4.44. The molecule has 0 aliphatic carbocycles. The van der Waals surface area contributed by atoms with Crippen LogP contribution < -0.4 is 20.2 Å². The van der Waals surface area contributed by atoms with E-state index in [-0.39, 0.29) is 22.2 Å². The normalized spacial score (nSPS) is 15.2. The molecular formula is C27H19ClN4O4S. The summed E-state index contributed by atoms with van der Waals surface area (Å²) in [4.78, 5) is 42.9. The first kappa shape index (κ1) is 24.4. The number of aromatic nitrogens is 1. The second kappa shape index (κ2) is 9.96. The minimum Gasteiger partial charge on any atom is -0.322 e. The van der Waals surface area contributed by atoms with E-state index in [9.17, 15) is 19.7 Å². The molecule has 1 aromatic heterocycles. The van der Waals surface area contributed by atoms with Crippen molar-refractivity contribution in [3.63, 3.8) is 0 Å². The van der Waals surface area contributed by atoms with Crippen molar-refractivity contribution in [3.8, 4) is 0 Å². The standard InChI is InChI=1S/C27H19ClN4O4S/c1-16-23(25(33)30-19-10-6-3-7-11-19)24(17-8-4-2-5-9-17)31-26(34)22(37-27(31)29-16)15-18-14-20(32(35)36)12-13-21(18)28/h2-15,24H,1H3,(H,30,33)/b22-15-/t24-/m0/s1. The number of nitrogens with zero attached hydrogens (tertiary/aromatic N) is 3. The third-order valence-electron chi connectivity index (χ3n) is 5.89. The molecule has 0 unspecified atom stereocenters. The molecule has 5 rings (SSSR count). The van der Waals surface area contributed by atoms with Gasteiger partial charge in [-0.15, -0.1) is 0 Å². The van der Waals surface area contributed by atoms with E-state index in [4.69, 9.17) is 11.6 Å². The van der Waals surface area contributed by atoms with Crippen molar-refractivity contribution >= 4 is 46.3 Å². The van der Waals surface area contributed by atoms with Crippen molar-refractivity contribution < 1.29 is 9.72 Å². The van der Waals surface area contributed by atoms with Gasteiger partial charge < -0.3 is 5.32 Å². The van der Waals surface area contributed by atoms with Crippen LogP contribution in [0.4, 0.5) is 11.4 Å². The number of allylic oxidation sites excluding steroid dienone is 1. The Hall–Kier alpha value is -4.34. The van der Waals surface area contributed by atoms with Gasteiger partial charge in [-0.2, -0.15) is 0 Å². The lowest BCUT2D eigenvalue weighted by Crippen LogP contribution is -2.40. The van der Waals surface area contributed by atoms with E-state index >= 15 is 0 Å². The Kier molecular flexibility index (Phi) is 6.56. The van der Waals surface area contributed by atoms with Gasteiger partial charge in [0.2, 0.25) is 0 Å². The zero-order chi connectivity index (χ0) is 26.1. The fourth-order valence-corrected chi connectivity index (χ4v) is 5.39. The van der Waals surface area contributed by atoms with Crippen LogP contribution >= 0.6 is 22.9 Å². The number of anilines is 1. The molecule has 0 fully saturated rings. The molecular weight excluding hydrogens is 512 g/mol. The topological polar surface area (TPSA) is 107 Å². The molecule has 4 aromatic rings. The number of rotatable bonds is 5. The van der Waals surface area contributed by atoms with Crippen molar-refractivity contribution in [3.05, 3.63) is 136 Å². The maximum Gasteiger partial charge on any atom is 0.271 e. The molecule has 2 heterocycles. The van der Waals surface area contributed by atoms with Gasteiger partial charge in [0.05, 0.1) is 26.8 Å². The first-order valence-corrected chi connectivity index (χ1v) is 12.4. The lowest BCUT2D eigenvalue weighted by atomic mass is 9.95. The lowest BCUT2D eigenvalue weighted by Gasteiger charge is -2.25. The summed E-state index contributed by atoms with van der Waals surface area (Å²) in [6.07, 6.45) is 1.52. The van der Waals surface area contributed by atoms with Gasteiger partial charge in [-0.25, -0.2) is 4.99 Å². The van der Waals surface area contributed by atoms with Gasteiger partial charge in [0.1, 0.15) is 0 Å². The molecule has 0 saturated carbocycles. The van der Waals surface area contributed by atoms with Gasteiger partial charge in [-0.1, -0.05) is 71.5 Å². The second-order valence-electron chi connectivity index (χ2n) is 8.28. The van der Waals surface area contributed by atoms with Crippen molar-refractivity contribution in [2.75, 3.05) is 5.32 Å². The Bertz CT molecular complexity index is 1740. The minimum absolute atomic E-state index is 0.138. The number of carbonyl (C=O) groups excluding carboxylic acids is 1. The summed E-state index contributed by atoms with van der Waals surface area (Å²) < 4.78 is 1.78. The largest absolute Gasteiger partial charge is 0.322 e. The van der Waals surface area contributed by atoms with Crippen LogP contribution in [0.1, 0.15) is 24.1 Å². The summed E-state index contributed by atoms with van der Waals surface area (Å²) in [5, 5.41) is 14.4. The highest BCUT2D eigenvalue weighted by molar-refractivity contribution is 7.07. The summed E-state index contributed by atoms with van der Waals surface area (Å²) in [7, 11) is 0. The van der Waals surface area contributed by atoms with Crippen molar-refractivity contribution in [1.82, 2.24) is 4.57 Å². The molecule has 0 spiro atoms. The smallest absolute Gasteiger partial charge is 0.271 e. The fourth-order valence-electron chi connectivity index (χ4n) is 4.18. The second-order valence-corrected chi connectivity index (χ2v) is 9.69. The molecule has 0 saturated heterocycles. The van der Waals surface area contributed by atoms with E-state index in [1.807, 2.05) is 48.5 Å². The van der Waals surface area contributed by atoms with Crippen molar-refractivity contribution in [2.24, 2.45) is 4.99 Å². The highest BCUT2D eigenvalue weighted by Crippen LogP contribution is 2.30. The number of non-ortho nitro benzene ring substituents is 1. The molecule has 37 heavy (non-hydrogen) atoms. The quantitative estimate of drug-likeness (QED) is 0.304. The van der Waals surface area contributed by atoms with E-state index in [0.717, 1.165) is 16.9 Å². The number of fused-ring (bicyclic) bond motifs is 1. The zero-order valence-electron chi connectivity index (χ0n) is 19.4. The summed E-state index contributed by atoms with van der Waals surface area (Å²) in [5.74, 6) is -0.364. The third-order valence-corrected chi connectivity index (χ3v) is 7.22. The van der Waals surface area contributed by atoms with E-state index < -0.39 is 11.0 Å². The van der Waals surface area contributed by atoms with Crippen LogP contribution in [0.2, 0.25) is 5.02 Å². The number of amides is 1. The number of hydrogen-bond donors (Lipinski definition) is 1. The number of halogens is 1. The lowest BCUT2D eigenvalue weighted by molar-refractivity contribution is -0.384. The van der Waals surface area contributed by atoms with Gasteiger partial charge in [-0.3, -0.25) is 24.3 Å². The Labute approximate surface area is 219 Å². The molecule has 1 atom stereocenters. The third kappa shape index (κ3) is 4.74. The summed E-state index contributed by atoms with van der Waals surface area (Å²) in [6, 6.07) is 21.6. The van der Waals surface area contributed by atoms with E-state index in [1.165, 1.54) is 28.8 Å². The molecule has 10 heteroatoms. The van der Waals surface area contributed by atoms with Gasteiger partial charge in [0.25, 0.3) is 17.2 Å². The SMILES string of the molecule is CC1=C(C(=O)Nc2ccccc2)[C@H](c2ccccc2)n2c(s/c(=C\c3cc([N+](=O)[O-])ccc3Cl)c2=O)=N1. The van der Waals surface area contributed by atoms with Gasteiger partial charge in [0.15, 0.2) is 4.80 Å². The van der Waals surface area contributed by atoms with Crippen molar-refractivity contribution in [1.29, 1.82) is 0 Å². The van der Waals surface area contributed by atoms with Gasteiger partial charge >= 0.3 is 0 Å². The van der Waals surface area contributed by atoms with E-state index in [1.54, 1.807) is 19.1 Å². The summed E-state index contributed by atoms with van der Waals surface area (Å²) >= 11 is 7.41. The molecule has 1 N–H and O–H groups in total. The Morgan fingerprint density at radius 1 is 1.11 bits per heavy atom. The monoisotopic (exact) mass is 530 g/mol. The van der Waals surface area contributed by atoms with Crippen LogP contribution in [-0.2, 0) is 4.79 Å². The maximum absolute atomic E-state index is 13.7. The number of benzene rings is 3. The van der Waals surface area contributed by atoms with Gasteiger partial charge in [-0.05, 0) is 36.8 Å². The molecule has 3 aromatic carbocycles. The van der Waals surface area contributed by atoms with Crippen LogP contribution in [0, 0.1) is 10.1 Å². The molecule has 0 radical (unpaired) electrons. The van der Waals surface area contributed by atoms with E-state index in [2.05, 4.69) is 10.3 Å². The first-order chi connectivity index (χ1) is 17.8. The average molecular weight is 531 g/mol. The average Bonchev–Trinajstić information content (AvgIpc) is 3.19. The van der Waals surface area contributed by atoms with Crippen LogP contribution in [-0.4, -0.2) is 15.4 Å². The molecule has 8 nitrogen and oxygen atoms in total. The predicted molar refractivity (Wildman–Crippen MR) is 143 cm³/mol. The first-order valence-electron chi connectivity index (χ1n) is 11.2. The summed E-state index contributed by atoms with van der Waals surface area (Å²) in [6.45, 7) is 1.74. The molecule has 0 bridgehead atoms. The van der Waals surface area contributed by atoms with Crippen LogP contribution in [0.15, 0.2) is 99.9 Å². The molecule has 1 aliphatic heterocycles. The number of para-hydroxylation sites is 1. The number of hydrogen-bond acceptors (Lipinski definition) is 6. The Balaban J connectivity index is 1.68. The Morgan fingerprint density at radius 2 is 1.78 bits per heavy atom. The summed E-state index contributed by atoms with van der Waals surface area (Å²) in [5.41, 5.74) is 2.04. The van der Waals surface area contributed by atoms with Gasteiger partial charge in [0, 0.05) is 28.4 Å². The highest BCUT2D eigenvalue weighted by atomic mass is 35.5. The fraction of sp³-hybridized carbons (Fsp3) is 0.0741. The molecule has 184 valence electrons. The van der Waals surface area contributed by atoms with E-state index in [0.29, 0.717) is 31.9 Å². The van der Waals surface area contributed by atoms with Crippen LogP contribution in [0.5, 0.6) is 0 Å². The number of thiazole rings is 1. The minimum atomic E-state index is -0.719. The number of nitro benzene ring substituents is 1. The van der Waals surface area contributed by atoms with Crippen LogP contribution in [0.3, 0.4) is 0 Å².